The maximum atomic E-state index is 13.5. The summed E-state index contributed by atoms with van der Waals surface area (Å²) >= 11 is 0. The Hall–Kier alpha value is -2.97. The number of ether oxygens (including phenoxy) is 1. The number of pyridine rings is 2. The number of nitrogens with zero attached hydrogens (tertiary/aromatic N) is 2. The number of phenolic OH excluding ortho intramolecular Hbond substituents is 1. The summed E-state index contributed by atoms with van der Waals surface area (Å²) in [5.74, 6) is -0.334. The van der Waals surface area contributed by atoms with Gasteiger partial charge in [0.1, 0.15) is 17.8 Å². The lowest BCUT2D eigenvalue weighted by Gasteiger charge is -2.37. The van der Waals surface area contributed by atoms with E-state index in [9.17, 15) is 19.8 Å². The van der Waals surface area contributed by atoms with Gasteiger partial charge in [-0.25, -0.2) is 4.98 Å². The van der Waals surface area contributed by atoms with Crippen molar-refractivity contribution in [1.82, 2.24) is 9.55 Å². The van der Waals surface area contributed by atoms with Gasteiger partial charge in [0.15, 0.2) is 0 Å². The van der Waals surface area contributed by atoms with Gasteiger partial charge in [-0.1, -0.05) is 46.9 Å². The zero-order valence-electron chi connectivity index (χ0n) is 21.2. The van der Waals surface area contributed by atoms with Crippen molar-refractivity contribution in [2.45, 2.75) is 70.8 Å². The number of aromatic nitrogens is 2. The largest absolute Gasteiger partial charge is 0.507 e. The first kappa shape index (κ1) is 23.8. The molecular weight excluding hydrogens is 460 g/mol. The van der Waals surface area contributed by atoms with Crippen molar-refractivity contribution in [2.75, 3.05) is 6.61 Å². The van der Waals surface area contributed by atoms with Gasteiger partial charge in [-0.05, 0) is 40.4 Å². The van der Waals surface area contributed by atoms with Crippen LogP contribution in [-0.4, -0.2) is 40.4 Å². The molecule has 0 bridgehead atoms. The second-order valence-electron chi connectivity index (χ2n) is 11.4. The van der Waals surface area contributed by atoms with Crippen molar-refractivity contribution < 1.29 is 19.7 Å². The molecule has 1 atom stereocenters. The number of esters is 1. The molecule has 4 heterocycles. The van der Waals surface area contributed by atoms with Crippen molar-refractivity contribution in [1.29, 1.82) is 0 Å². The van der Waals surface area contributed by atoms with Crippen LogP contribution in [0.25, 0.3) is 22.3 Å². The van der Waals surface area contributed by atoms with Crippen LogP contribution in [0, 0.1) is 0 Å². The van der Waals surface area contributed by atoms with E-state index in [-0.39, 0.29) is 23.0 Å². The third-order valence-corrected chi connectivity index (χ3v) is 14.2. The predicted octanol–water partition coefficient (Wildman–Crippen LogP) is 3.54. The number of fused-ring (bicyclic) bond motifs is 5. The first-order chi connectivity index (χ1) is 16.4. The summed E-state index contributed by atoms with van der Waals surface area (Å²) in [6, 6.07) is 7.53. The van der Waals surface area contributed by atoms with E-state index in [2.05, 4.69) is 33.9 Å². The molecule has 5 rings (SSSR count). The minimum absolute atomic E-state index is 0.0632. The van der Waals surface area contributed by atoms with E-state index in [4.69, 9.17) is 9.72 Å². The summed E-state index contributed by atoms with van der Waals surface area (Å²) in [7, 11) is -2.01. The van der Waals surface area contributed by atoms with Gasteiger partial charge in [0.25, 0.3) is 5.56 Å². The molecule has 0 radical (unpaired) electrons. The van der Waals surface area contributed by atoms with Crippen LogP contribution in [0.5, 0.6) is 5.75 Å². The second kappa shape index (κ2) is 7.51. The van der Waals surface area contributed by atoms with Gasteiger partial charge in [-0.2, -0.15) is 0 Å². The topological polar surface area (TPSA) is 102 Å². The number of cyclic esters (lactones) is 1. The third kappa shape index (κ3) is 3.09. The summed E-state index contributed by atoms with van der Waals surface area (Å²) in [6.07, 6.45) is 0.319. The number of carbonyl (C=O) groups is 1. The molecule has 184 valence electrons. The monoisotopic (exact) mass is 492 g/mol. The molecule has 0 amide bonds. The lowest BCUT2D eigenvalue weighted by molar-refractivity contribution is -0.156. The van der Waals surface area contributed by atoms with Crippen molar-refractivity contribution in [2.24, 2.45) is 0 Å². The minimum Gasteiger partial charge on any atom is -0.507 e. The zero-order valence-corrected chi connectivity index (χ0v) is 22.2. The van der Waals surface area contributed by atoms with E-state index < -0.39 is 26.1 Å². The van der Waals surface area contributed by atoms with Crippen molar-refractivity contribution >= 4 is 30.1 Å². The van der Waals surface area contributed by atoms with Gasteiger partial charge < -0.3 is 19.5 Å². The Balaban J connectivity index is 1.82. The summed E-state index contributed by atoms with van der Waals surface area (Å²) < 4.78 is 6.99. The number of benzene rings is 1. The normalized spacial score (nSPS) is 19.3. The van der Waals surface area contributed by atoms with Gasteiger partial charge in [-0.15, -0.1) is 0 Å². The Labute approximate surface area is 205 Å². The zero-order chi connectivity index (χ0) is 25.5. The Bertz CT molecular complexity index is 1460. The maximum absolute atomic E-state index is 13.5. The molecular formula is C27H32N2O5Si. The Morgan fingerprint density at radius 2 is 1.91 bits per heavy atom. The molecule has 2 N–H and O–H groups in total. The lowest BCUT2D eigenvalue weighted by Crippen LogP contribution is -2.49. The fraction of sp³-hybridized carbons (Fsp3) is 0.444. The number of aliphatic hydroxyl groups excluding tert-OH is 1. The molecule has 2 aromatic heterocycles. The average molecular weight is 493 g/mol. The van der Waals surface area contributed by atoms with Gasteiger partial charge >= 0.3 is 5.97 Å². The predicted molar refractivity (Wildman–Crippen MR) is 138 cm³/mol. The molecule has 1 unspecified atom stereocenters. The Morgan fingerprint density at radius 3 is 2.54 bits per heavy atom. The molecule has 0 saturated carbocycles. The van der Waals surface area contributed by atoms with E-state index in [0.717, 1.165) is 16.3 Å². The average Bonchev–Trinajstić information content (AvgIpc) is 3.16. The molecule has 0 aliphatic carbocycles. The molecule has 1 aromatic carbocycles. The van der Waals surface area contributed by atoms with Crippen molar-refractivity contribution in [3.05, 3.63) is 51.3 Å². The quantitative estimate of drug-likeness (QED) is 0.335. The number of phenols is 1. The molecule has 2 aliphatic rings. The standard InChI is InChI=1S/C27H32N2O5Si/c1-7-27(14-30)18-11-19-22-15(12-29(19)24(32)17(18)13-34-25(27)33)10-16-20(31)8-9-21(23(16)28-22)35(5,6)26(2,3)4/h8-11,30-31H,7,12-14H2,1-6H3. The number of hydrogen-bond acceptors (Lipinski definition) is 6. The van der Waals surface area contributed by atoms with Gasteiger partial charge in [0, 0.05) is 10.9 Å². The van der Waals surface area contributed by atoms with Crippen LogP contribution in [0.1, 0.15) is 50.8 Å². The molecule has 0 fully saturated rings. The van der Waals surface area contributed by atoms with Crippen LogP contribution in [-0.2, 0) is 28.1 Å². The van der Waals surface area contributed by atoms with Crippen LogP contribution < -0.4 is 10.7 Å². The first-order valence-corrected chi connectivity index (χ1v) is 15.1. The van der Waals surface area contributed by atoms with Gasteiger partial charge in [0.2, 0.25) is 0 Å². The summed E-state index contributed by atoms with van der Waals surface area (Å²) in [6.45, 7) is 13.0. The van der Waals surface area contributed by atoms with Crippen molar-refractivity contribution in [3.63, 3.8) is 0 Å². The molecule has 2 aliphatic heterocycles. The van der Waals surface area contributed by atoms with Gasteiger partial charge in [0.05, 0.1) is 43.7 Å². The number of carbonyl (C=O) groups excluding carboxylic acids is 1. The fourth-order valence-corrected chi connectivity index (χ4v) is 7.39. The van der Waals surface area contributed by atoms with Crippen LogP contribution in [0.3, 0.4) is 0 Å². The summed E-state index contributed by atoms with van der Waals surface area (Å²) in [4.78, 5) is 31.3. The van der Waals surface area contributed by atoms with E-state index in [1.54, 1.807) is 10.6 Å². The second-order valence-corrected chi connectivity index (χ2v) is 16.7. The molecule has 35 heavy (non-hydrogen) atoms. The Kier molecular flexibility index (Phi) is 5.10. The SMILES string of the molecule is CCC1(CO)C(=O)OCc2c1cc1n(c2=O)Cc2cc3c(O)ccc([Si](C)(C)C(C)(C)C)c3nc2-1. The van der Waals surface area contributed by atoms with E-state index in [0.29, 0.717) is 40.9 Å². The Morgan fingerprint density at radius 1 is 1.20 bits per heavy atom. The summed E-state index contributed by atoms with van der Waals surface area (Å²) in [5.41, 5.74) is 2.38. The minimum atomic E-state index is -2.01. The number of rotatable bonds is 3. The number of aliphatic hydroxyl groups is 1. The maximum Gasteiger partial charge on any atom is 0.319 e. The van der Waals surface area contributed by atoms with Crippen molar-refractivity contribution in [3.8, 4) is 17.1 Å². The smallest absolute Gasteiger partial charge is 0.319 e. The molecule has 8 heteroatoms. The van der Waals surface area contributed by atoms with Gasteiger partial charge in [-0.3, -0.25) is 9.59 Å². The lowest BCUT2D eigenvalue weighted by atomic mass is 9.75. The molecule has 0 spiro atoms. The molecule has 0 saturated heterocycles. The highest BCUT2D eigenvalue weighted by molar-refractivity contribution is 6.93. The fourth-order valence-electron chi connectivity index (χ4n) is 5.30. The molecule has 3 aromatic rings. The van der Waals surface area contributed by atoms with Crippen LogP contribution in [0.4, 0.5) is 0 Å². The highest BCUT2D eigenvalue weighted by Gasteiger charge is 2.46. The highest BCUT2D eigenvalue weighted by atomic mass is 28.3. The highest BCUT2D eigenvalue weighted by Crippen LogP contribution is 2.42. The number of aromatic hydroxyl groups is 1. The summed E-state index contributed by atoms with van der Waals surface area (Å²) in [5, 5.41) is 22.9. The number of hydrogen-bond donors (Lipinski definition) is 2. The van der Waals surface area contributed by atoms with E-state index >= 15 is 0 Å². The van der Waals surface area contributed by atoms with Crippen LogP contribution in [0.15, 0.2) is 29.1 Å². The van der Waals surface area contributed by atoms with Crippen LogP contribution in [0.2, 0.25) is 18.1 Å². The first-order valence-electron chi connectivity index (χ1n) is 12.1. The van der Waals surface area contributed by atoms with Crippen LogP contribution >= 0.6 is 0 Å². The molecule has 7 nitrogen and oxygen atoms in total. The van der Waals surface area contributed by atoms with E-state index in [1.807, 2.05) is 25.1 Å². The van der Waals surface area contributed by atoms with E-state index in [1.165, 1.54) is 0 Å². The third-order valence-electron chi connectivity index (χ3n) is 8.69.